The number of methoxy groups -OCH3 is 3. The second-order valence-corrected chi connectivity index (χ2v) is 7.95. The lowest BCUT2D eigenvalue weighted by atomic mass is 9.97. The van der Waals surface area contributed by atoms with E-state index in [0.717, 1.165) is 13.1 Å². The van der Waals surface area contributed by atoms with Crippen LogP contribution in [0.15, 0.2) is 54.6 Å². The Bertz CT molecular complexity index is 1060. The van der Waals surface area contributed by atoms with Crippen LogP contribution in [0.3, 0.4) is 0 Å². The number of carbonyl (C=O) groups is 1. The summed E-state index contributed by atoms with van der Waals surface area (Å²) in [6, 6.07) is 18.3. The Morgan fingerprint density at radius 2 is 1.59 bits per heavy atom. The van der Waals surface area contributed by atoms with Gasteiger partial charge in [-0.05, 0) is 54.4 Å². The Hall–Kier alpha value is -3.25. The van der Waals surface area contributed by atoms with Gasteiger partial charge < -0.3 is 19.5 Å². The average Bonchev–Trinajstić information content (AvgIpc) is 3.37. The summed E-state index contributed by atoms with van der Waals surface area (Å²) in [7, 11) is 4.64. The molecule has 1 heterocycles. The second-order valence-electron chi connectivity index (χ2n) is 7.95. The van der Waals surface area contributed by atoms with E-state index in [2.05, 4.69) is 52.7 Å². The molecule has 0 unspecified atom stereocenters. The van der Waals surface area contributed by atoms with Crippen molar-refractivity contribution >= 4 is 16.7 Å². The third-order valence-corrected chi connectivity index (χ3v) is 6.15. The van der Waals surface area contributed by atoms with E-state index in [-0.39, 0.29) is 11.9 Å². The third kappa shape index (κ3) is 4.36. The van der Waals surface area contributed by atoms with Crippen molar-refractivity contribution in [1.82, 2.24) is 10.2 Å². The number of ether oxygens (including phenoxy) is 3. The molecule has 168 valence electrons. The summed E-state index contributed by atoms with van der Waals surface area (Å²) in [4.78, 5) is 15.6. The van der Waals surface area contributed by atoms with Gasteiger partial charge in [-0.2, -0.15) is 0 Å². The van der Waals surface area contributed by atoms with Crippen molar-refractivity contribution in [2.75, 3.05) is 41.0 Å². The molecule has 0 spiro atoms. The Labute approximate surface area is 189 Å². The Morgan fingerprint density at radius 1 is 0.938 bits per heavy atom. The maximum absolute atomic E-state index is 13.1. The van der Waals surface area contributed by atoms with Gasteiger partial charge in [-0.15, -0.1) is 0 Å². The van der Waals surface area contributed by atoms with Crippen molar-refractivity contribution in [1.29, 1.82) is 0 Å². The van der Waals surface area contributed by atoms with E-state index in [4.69, 9.17) is 14.2 Å². The minimum Gasteiger partial charge on any atom is -0.493 e. The van der Waals surface area contributed by atoms with E-state index in [1.807, 2.05) is 0 Å². The lowest BCUT2D eigenvalue weighted by Crippen LogP contribution is -2.37. The van der Waals surface area contributed by atoms with E-state index in [1.165, 1.54) is 29.2 Å². The molecular formula is C26H30N2O4. The molecule has 1 amide bonds. The van der Waals surface area contributed by atoms with Crippen molar-refractivity contribution in [3.8, 4) is 17.2 Å². The Balaban J connectivity index is 1.61. The molecule has 32 heavy (non-hydrogen) atoms. The standard InChI is InChI=1S/C26H30N2O4/c1-30-23-15-19(16-24(31-2)25(23)32-3)26(29)27-17-22(28-13-6-7-14-28)21-12-8-10-18-9-4-5-11-20(18)21/h4-5,8-12,15-16,22H,6-7,13-14,17H2,1-3H3,(H,27,29)/t22-/m1/s1. The predicted molar refractivity (Wildman–Crippen MR) is 126 cm³/mol. The minimum absolute atomic E-state index is 0.106. The fourth-order valence-electron chi connectivity index (χ4n) is 4.53. The van der Waals surface area contributed by atoms with Gasteiger partial charge in [0.05, 0.1) is 27.4 Å². The highest BCUT2D eigenvalue weighted by molar-refractivity contribution is 5.95. The lowest BCUT2D eigenvalue weighted by Gasteiger charge is -2.29. The molecule has 3 aromatic carbocycles. The number of amides is 1. The van der Waals surface area contributed by atoms with E-state index in [0.29, 0.717) is 29.4 Å². The topological polar surface area (TPSA) is 60.0 Å². The molecule has 1 aliphatic heterocycles. The summed E-state index contributed by atoms with van der Waals surface area (Å²) in [6.45, 7) is 2.59. The quantitative estimate of drug-likeness (QED) is 0.568. The molecule has 0 saturated carbocycles. The van der Waals surface area contributed by atoms with Gasteiger partial charge in [0.1, 0.15) is 0 Å². The number of fused-ring (bicyclic) bond motifs is 1. The van der Waals surface area contributed by atoms with Gasteiger partial charge in [0.15, 0.2) is 11.5 Å². The van der Waals surface area contributed by atoms with Crippen LogP contribution in [0.2, 0.25) is 0 Å². The monoisotopic (exact) mass is 434 g/mol. The lowest BCUT2D eigenvalue weighted by molar-refractivity contribution is 0.0937. The molecule has 1 atom stereocenters. The highest BCUT2D eigenvalue weighted by atomic mass is 16.5. The average molecular weight is 435 g/mol. The Kier molecular flexibility index (Phi) is 6.81. The summed E-state index contributed by atoms with van der Waals surface area (Å²) < 4.78 is 16.2. The van der Waals surface area contributed by atoms with Crippen LogP contribution in [0.5, 0.6) is 17.2 Å². The molecule has 3 aromatic rings. The van der Waals surface area contributed by atoms with Crippen LogP contribution in [0, 0.1) is 0 Å². The largest absolute Gasteiger partial charge is 0.493 e. The van der Waals surface area contributed by atoms with Crippen LogP contribution >= 0.6 is 0 Å². The number of hydrogen-bond donors (Lipinski definition) is 1. The van der Waals surface area contributed by atoms with Gasteiger partial charge in [0, 0.05) is 12.1 Å². The summed E-state index contributed by atoms with van der Waals surface area (Å²) >= 11 is 0. The highest BCUT2D eigenvalue weighted by Crippen LogP contribution is 2.38. The maximum Gasteiger partial charge on any atom is 0.251 e. The van der Waals surface area contributed by atoms with Gasteiger partial charge in [0.2, 0.25) is 5.75 Å². The first-order chi connectivity index (χ1) is 15.7. The van der Waals surface area contributed by atoms with Crippen LogP contribution in [0.1, 0.15) is 34.8 Å². The molecule has 1 aliphatic rings. The first-order valence-corrected chi connectivity index (χ1v) is 11.0. The normalized spacial score (nSPS) is 14.8. The molecule has 4 rings (SSSR count). The van der Waals surface area contributed by atoms with Crippen LogP contribution in [0.25, 0.3) is 10.8 Å². The van der Waals surface area contributed by atoms with Gasteiger partial charge in [0.25, 0.3) is 5.91 Å². The van der Waals surface area contributed by atoms with Crippen molar-refractivity contribution in [2.24, 2.45) is 0 Å². The molecule has 0 aliphatic carbocycles. The van der Waals surface area contributed by atoms with Crippen molar-refractivity contribution in [3.63, 3.8) is 0 Å². The predicted octanol–water partition coefficient (Wildman–Crippen LogP) is 4.43. The third-order valence-electron chi connectivity index (χ3n) is 6.15. The van der Waals surface area contributed by atoms with Gasteiger partial charge in [-0.1, -0.05) is 42.5 Å². The number of carbonyl (C=O) groups excluding carboxylic acids is 1. The summed E-state index contributed by atoms with van der Waals surface area (Å²) in [5.41, 5.74) is 1.72. The zero-order valence-electron chi connectivity index (χ0n) is 18.9. The second kappa shape index (κ2) is 9.92. The van der Waals surface area contributed by atoms with Crippen molar-refractivity contribution in [2.45, 2.75) is 18.9 Å². The first kappa shape index (κ1) is 22.0. The molecule has 0 aromatic heterocycles. The van der Waals surface area contributed by atoms with Crippen molar-refractivity contribution in [3.05, 3.63) is 65.7 Å². The number of rotatable bonds is 8. The summed E-state index contributed by atoms with van der Waals surface area (Å²) in [5, 5.41) is 5.59. The fourth-order valence-corrected chi connectivity index (χ4v) is 4.53. The van der Waals surface area contributed by atoms with Crippen LogP contribution in [-0.4, -0.2) is 51.8 Å². The Morgan fingerprint density at radius 3 is 2.25 bits per heavy atom. The number of likely N-dealkylation sites (tertiary alicyclic amines) is 1. The maximum atomic E-state index is 13.1. The minimum atomic E-state index is -0.173. The highest BCUT2D eigenvalue weighted by Gasteiger charge is 2.26. The smallest absolute Gasteiger partial charge is 0.251 e. The SMILES string of the molecule is COc1cc(C(=O)NC[C@H](c2cccc3ccccc23)N2CCCC2)cc(OC)c1OC. The van der Waals surface area contributed by atoms with E-state index < -0.39 is 0 Å². The molecule has 1 fully saturated rings. The molecule has 6 nitrogen and oxygen atoms in total. The summed E-state index contributed by atoms with van der Waals surface area (Å²) in [6.07, 6.45) is 2.37. The fraction of sp³-hybridized carbons (Fsp3) is 0.346. The zero-order chi connectivity index (χ0) is 22.5. The molecular weight excluding hydrogens is 404 g/mol. The van der Waals surface area contributed by atoms with E-state index >= 15 is 0 Å². The van der Waals surface area contributed by atoms with Crippen LogP contribution in [-0.2, 0) is 0 Å². The summed E-state index contributed by atoms with van der Waals surface area (Å²) in [5.74, 6) is 1.22. The van der Waals surface area contributed by atoms with Gasteiger partial charge in [-0.25, -0.2) is 0 Å². The van der Waals surface area contributed by atoms with E-state index in [9.17, 15) is 4.79 Å². The molecule has 1 saturated heterocycles. The molecule has 1 N–H and O–H groups in total. The molecule has 6 heteroatoms. The number of benzene rings is 3. The molecule has 0 bridgehead atoms. The van der Waals surface area contributed by atoms with Crippen LogP contribution < -0.4 is 19.5 Å². The number of nitrogens with zero attached hydrogens (tertiary/aromatic N) is 1. The number of nitrogens with one attached hydrogen (secondary N) is 1. The molecule has 0 radical (unpaired) electrons. The first-order valence-electron chi connectivity index (χ1n) is 11.0. The van der Waals surface area contributed by atoms with Gasteiger partial charge in [-0.3, -0.25) is 9.69 Å². The van der Waals surface area contributed by atoms with Crippen molar-refractivity contribution < 1.29 is 19.0 Å². The number of hydrogen-bond acceptors (Lipinski definition) is 5. The van der Waals surface area contributed by atoms with E-state index in [1.54, 1.807) is 33.5 Å². The van der Waals surface area contributed by atoms with Gasteiger partial charge >= 0.3 is 0 Å². The zero-order valence-corrected chi connectivity index (χ0v) is 18.9. The van der Waals surface area contributed by atoms with Crippen LogP contribution in [0.4, 0.5) is 0 Å².